The third-order valence-electron chi connectivity index (χ3n) is 4.15. The molecule has 1 aromatic heterocycles. The van der Waals surface area contributed by atoms with Gasteiger partial charge in [0.05, 0.1) is 12.0 Å². The van der Waals surface area contributed by atoms with E-state index in [1.165, 1.54) is 0 Å². The summed E-state index contributed by atoms with van der Waals surface area (Å²) in [5, 5.41) is 14.0. The molecule has 0 spiro atoms. The molecule has 1 atom stereocenters. The number of benzene rings is 1. The zero-order valence-electron chi connectivity index (χ0n) is 12.3. The molecule has 1 unspecified atom stereocenters. The van der Waals surface area contributed by atoms with Gasteiger partial charge in [-0.1, -0.05) is 28.9 Å². The van der Waals surface area contributed by atoms with Crippen molar-refractivity contribution in [2.75, 3.05) is 13.1 Å². The van der Waals surface area contributed by atoms with Gasteiger partial charge in [-0.15, -0.1) is 0 Å². The van der Waals surface area contributed by atoms with E-state index >= 15 is 0 Å². The van der Waals surface area contributed by atoms with Crippen molar-refractivity contribution in [1.82, 2.24) is 10.1 Å². The summed E-state index contributed by atoms with van der Waals surface area (Å²) < 4.78 is 5.37. The summed E-state index contributed by atoms with van der Waals surface area (Å²) >= 11 is 5.87. The average molecular weight is 321 g/mol. The lowest BCUT2D eigenvalue weighted by atomic mass is 9.90. The molecule has 2 aromatic rings. The highest BCUT2D eigenvalue weighted by Gasteiger charge is 2.40. The van der Waals surface area contributed by atoms with Gasteiger partial charge in [0.15, 0.2) is 5.76 Å². The van der Waals surface area contributed by atoms with Crippen molar-refractivity contribution in [3.05, 3.63) is 41.1 Å². The second-order valence-electron chi connectivity index (χ2n) is 6.01. The van der Waals surface area contributed by atoms with Crippen LogP contribution >= 0.6 is 11.6 Å². The first-order valence-corrected chi connectivity index (χ1v) is 7.51. The van der Waals surface area contributed by atoms with E-state index in [9.17, 15) is 9.90 Å². The van der Waals surface area contributed by atoms with Gasteiger partial charge >= 0.3 is 5.97 Å². The van der Waals surface area contributed by atoms with Crippen molar-refractivity contribution < 1.29 is 14.4 Å². The van der Waals surface area contributed by atoms with Gasteiger partial charge in [0, 0.05) is 23.2 Å². The Labute approximate surface area is 133 Å². The standard InChI is InChI=1S/C16H17ClN2O3/c1-16(15(20)21)6-7-19(10-16)9-13-8-14(18-22-13)11-2-4-12(17)5-3-11/h2-5,8H,6-7,9-10H2,1H3,(H,20,21). The van der Waals surface area contributed by atoms with Gasteiger partial charge in [0.1, 0.15) is 5.69 Å². The number of hydrogen-bond donors (Lipinski definition) is 1. The Morgan fingerprint density at radius 1 is 1.45 bits per heavy atom. The highest BCUT2D eigenvalue weighted by atomic mass is 35.5. The number of rotatable bonds is 4. The zero-order valence-corrected chi connectivity index (χ0v) is 13.0. The van der Waals surface area contributed by atoms with Crippen molar-refractivity contribution in [2.24, 2.45) is 5.41 Å². The summed E-state index contributed by atoms with van der Waals surface area (Å²) in [6.45, 7) is 3.64. The summed E-state index contributed by atoms with van der Waals surface area (Å²) in [4.78, 5) is 13.3. The van der Waals surface area contributed by atoms with Crippen LogP contribution < -0.4 is 0 Å². The molecule has 0 aliphatic carbocycles. The van der Waals surface area contributed by atoms with Gasteiger partial charge in [0.25, 0.3) is 0 Å². The summed E-state index contributed by atoms with van der Waals surface area (Å²) in [5.74, 6) is -0.00554. The molecule has 0 bridgehead atoms. The second-order valence-corrected chi connectivity index (χ2v) is 6.45. The number of halogens is 1. The molecule has 1 aliphatic heterocycles. The summed E-state index contributed by atoms with van der Waals surface area (Å²) in [7, 11) is 0. The fourth-order valence-corrected chi connectivity index (χ4v) is 2.86. The number of carboxylic acid groups (broad SMARTS) is 1. The number of hydrogen-bond acceptors (Lipinski definition) is 4. The van der Waals surface area contributed by atoms with E-state index in [0.29, 0.717) is 24.5 Å². The molecule has 22 heavy (non-hydrogen) atoms. The van der Waals surface area contributed by atoms with Crippen molar-refractivity contribution >= 4 is 17.6 Å². The smallest absolute Gasteiger partial charge is 0.310 e. The molecule has 0 saturated carbocycles. The zero-order chi connectivity index (χ0) is 15.7. The van der Waals surface area contributed by atoms with Gasteiger partial charge in [-0.2, -0.15) is 0 Å². The number of aliphatic carboxylic acids is 1. The monoisotopic (exact) mass is 320 g/mol. The van der Waals surface area contributed by atoms with Crippen LogP contribution in [0.2, 0.25) is 5.02 Å². The lowest BCUT2D eigenvalue weighted by molar-refractivity contribution is -0.147. The van der Waals surface area contributed by atoms with E-state index in [2.05, 4.69) is 10.1 Å². The SMILES string of the molecule is CC1(C(=O)O)CCN(Cc2cc(-c3ccc(Cl)cc3)no2)C1. The van der Waals surface area contributed by atoms with Crippen LogP contribution in [0.1, 0.15) is 19.1 Å². The van der Waals surface area contributed by atoms with Crippen LogP contribution in [0.15, 0.2) is 34.9 Å². The first-order chi connectivity index (χ1) is 10.5. The van der Waals surface area contributed by atoms with Crippen molar-refractivity contribution in [1.29, 1.82) is 0 Å². The van der Waals surface area contributed by atoms with Gasteiger partial charge in [-0.05, 0) is 32.0 Å². The highest BCUT2D eigenvalue weighted by molar-refractivity contribution is 6.30. The first kappa shape index (κ1) is 15.1. The molecule has 1 saturated heterocycles. The summed E-state index contributed by atoms with van der Waals surface area (Å²) in [6, 6.07) is 9.29. The summed E-state index contributed by atoms with van der Waals surface area (Å²) in [6.07, 6.45) is 0.653. The van der Waals surface area contributed by atoms with Crippen molar-refractivity contribution in [3.63, 3.8) is 0 Å². The number of carboxylic acids is 1. The topological polar surface area (TPSA) is 66.6 Å². The third kappa shape index (κ3) is 3.00. The fraction of sp³-hybridized carbons (Fsp3) is 0.375. The molecule has 116 valence electrons. The molecular formula is C16H17ClN2O3. The van der Waals surface area contributed by atoms with E-state index in [1.807, 2.05) is 30.3 Å². The van der Waals surface area contributed by atoms with Gasteiger partial charge < -0.3 is 9.63 Å². The molecule has 2 heterocycles. The molecule has 0 radical (unpaired) electrons. The van der Waals surface area contributed by atoms with Crippen LogP contribution in [-0.4, -0.2) is 34.2 Å². The second kappa shape index (κ2) is 5.74. The lowest BCUT2D eigenvalue weighted by Gasteiger charge is -2.18. The average Bonchev–Trinajstić information content (AvgIpc) is 3.08. The van der Waals surface area contributed by atoms with E-state index in [-0.39, 0.29) is 0 Å². The fourth-order valence-electron chi connectivity index (χ4n) is 2.73. The summed E-state index contributed by atoms with van der Waals surface area (Å²) in [5.41, 5.74) is 1.03. The molecule has 0 amide bonds. The Bertz CT molecular complexity index is 683. The minimum Gasteiger partial charge on any atom is -0.481 e. The third-order valence-corrected chi connectivity index (χ3v) is 4.40. The Balaban J connectivity index is 1.68. The maximum atomic E-state index is 11.3. The van der Waals surface area contributed by atoms with Crippen LogP contribution in [0.3, 0.4) is 0 Å². The van der Waals surface area contributed by atoms with Crippen molar-refractivity contribution in [3.8, 4) is 11.3 Å². The number of nitrogens with zero attached hydrogens (tertiary/aromatic N) is 2. The van der Waals surface area contributed by atoms with Crippen LogP contribution in [0.25, 0.3) is 11.3 Å². The van der Waals surface area contributed by atoms with E-state index in [4.69, 9.17) is 16.1 Å². The minimum absolute atomic E-state index is 0.527. The predicted molar refractivity (Wildman–Crippen MR) is 82.6 cm³/mol. The van der Waals surface area contributed by atoms with Crippen LogP contribution in [0.5, 0.6) is 0 Å². The lowest BCUT2D eigenvalue weighted by Crippen LogP contribution is -2.31. The highest BCUT2D eigenvalue weighted by Crippen LogP contribution is 2.31. The first-order valence-electron chi connectivity index (χ1n) is 7.14. The minimum atomic E-state index is -0.741. The maximum absolute atomic E-state index is 11.3. The van der Waals surface area contributed by atoms with Crippen molar-refractivity contribution in [2.45, 2.75) is 19.9 Å². The van der Waals surface area contributed by atoms with Gasteiger partial charge in [-0.3, -0.25) is 9.69 Å². The number of carbonyl (C=O) groups is 1. The Morgan fingerprint density at radius 2 is 2.18 bits per heavy atom. The van der Waals surface area contributed by atoms with E-state index in [1.54, 1.807) is 6.92 Å². The Hall–Kier alpha value is -1.85. The molecule has 6 heteroatoms. The van der Waals surface area contributed by atoms with Crippen LogP contribution in [0.4, 0.5) is 0 Å². The number of aromatic nitrogens is 1. The van der Waals surface area contributed by atoms with Crippen LogP contribution in [0, 0.1) is 5.41 Å². The predicted octanol–water partition coefficient (Wildman–Crippen LogP) is 3.29. The number of likely N-dealkylation sites (tertiary alicyclic amines) is 1. The largest absolute Gasteiger partial charge is 0.481 e. The molecule has 5 nitrogen and oxygen atoms in total. The molecular weight excluding hydrogens is 304 g/mol. The van der Waals surface area contributed by atoms with E-state index < -0.39 is 11.4 Å². The van der Waals surface area contributed by atoms with E-state index in [0.717, 1.165) is 23.6 Å². The maximum Gasteiger partial charge on any atom is 0.310 e. The molecule has 1 aromatic carbocycles. The molecule has 1 fully saturated rings. The molecule has 1 N–H and O–H groups in total. The normalized spacial score (nSPS) is 22.1. The molecule has 1 aliphatic rings. The molecule has 3 rings (SSSR count). The van der Waals surface area contributed by atoms with Gasteiger partial charge in [0.2, 0.25) is 0 Å². The Kier molecular flexibility index (Phi) is 3.93. The van der Waals surface area contributed by atoms with Crippen LogP contribution in [-0.2, 0) is 11.3 Å². The van der Waals surface area contributed by atoms with Gasteiger partial charge in [-0.25, -0.2) is 0 Å². The Morgan fingerprint density at radius 3 is 2.82 bits per heavy atom. The quantitative estimate of drug-likeness (QED) is 0.936.